The second kappa shape index (κ2) is 7.20. The summed E-state index contributed by atoms with van der Waals surface area (Å²) in [6, 6.07) is 5.57. The zero-order chi connectivity index (χ0) is 11.5. The Labute approximate surface area is 117 Å². The molecule has 0 radical (unpaired) electrons. The summed E-state index contributed by atoms with van der Waals surface area (Å²) in [5.74, 6) is 0.790. The molecule has 0 atom stereocenters. The Morgan fingerprint density at radius 1 is 1.44 bits per heavy atom. The van der Waals surface area contributed by atoms with E-state index in [4.69, 9.17) is 5.73 Å². The number of fused-ring (bicyclic) bond motifs is 1. The molecule has 0 saturated carbocycles. The van der Waals surface area contributed by atoms with E-state index in [9.17, 15) is 4.79 Å². The molecule has 0 saturated heterocycles. The molecule has 5 nitrogen and oxygen atoms in total. The van der Waals surface area contributed by atoms with Gasteiger partial charge in [-0.2, -0.15) is 0 Å². The summed E-state index contributed by atoms with van der Waals surface area (Å²) in [4.78, 5) is 18.7. The highest BCUT2D eigenvalue weighted by atomic mass is 35.5. The number of rotatable bonds is 3. The van der Waals surface area contributed by atoms with Crippen LogP contribution in [0.2, 0.25) is 0 Å². The number of anilines is 1. The molecule has 0 spiro atoms. The van der Waals surface area contributed by atoms with Gasteiger partial charge in [0.05, 0.1) is 11.0 Å². The number of aromatic nitrogens is 2. The normalized spacial score (nSPS) is 9.44. The summed E-state index contributed by atoms with van der Waals surface area (Å²) in [6.07, 6.45) is 0.333. The van der Waals surface area contributed by atoms with Crippen molar-refractivity contribution in [1.82, 2.24) is 9.97 Å². The molecule has 7 heteroatoms. The third kappa shape index (κ3) is 3.87. The van der Waals surface area contributed by atoms with Gasteiger partial charge in [0.1, 0.15) is 5.82 Å². The number of aromatic amines is 1. The van der Waals surface area contributed by atoms with Crippen LogP contribution in [0.25, 0.3) is 11.0 Å². The smallest absolute Gasteiger partial charge is 0.225 e. The first-order valence-corrected chi connectivity index (χ1v) is 5.15. The van der Waals surface area contributed by atoms with Gasteiger partial charge in [0, 0.05) is 18.7 Å². The highest BCUT2D eigenvalue weighted by Crippen LogP contribution is 2.17. The lowest BCUT2D eigenvalue weighted by molar-refractivity contribution is -0.116. The number of carbonyl (C=O) groups is 1. The van der Waals surface area contributed by atoms with Gasteiger partial charge in [-0.1, -0.05) is 0 Å². The Bertz CT molecular complexity index is 527. The van der Waals surface area contributed by atoms with Crippen LogP contribution in [-0.4, -0.2) is 22.4 Å². The van der Waals surface area contributed by atoms with Gasteiger partial charge in [-0.15, -0.1) is 24.8 Å². The van der Waals surface area contributed by atoms with E-state index in [-0.39, 0.29) is 30.7 Å². The van der Waals surface area contributed by atoms with Crippen molar-refractivity contribution in [2.75, 3.05) is 11.9 Å². The number of imidazole rings is 1. The third-order valence-electron chi connectivity index (χ3n) is 2.26. The Balaban J connectivity index is 0.00000144. The van der Waals surface area contributed by atoms with Crippen LogP contribution in [0.4, 0.5) is 5.69 Å². The fourth-order valence-electron chi connectivity index (χ4n) is 1.57. The van der Waals surface area contributed by atoms with Gasteiger partial charge in [0.25, 0.3) is 0 Å². The lowest BCUT2D eigenvalue weighted by Gasteiger charge is -2.03. The van der Waals surface area contributed by atoms with Gasteiger partial charge in [0.15, 0.2) is 0 Å². The molecule has 0 aliphatic heterocycles. The average molecular weight is 291 g/mol. The van der Waals surface area contributed by atoms with E-state index in [1.165, 1.54) is 0 Å². The number of nitrogens with zero attached hydrogens (tertiary/aromatic N) is 1. The Hall–Kier alpha value is -1.30. The second-order valence-electron chi connectivity index (χ2n) is 3.64. The highest BCUT2D eigenvalue weighted by molar-refractivity contribution is 5.93. The molecule has 0 aliphatic rings. The maximum atomic E-state index is 11.3. The molecule has 0 bridgehead atoms. The molecule has 100 valence electrons. The number of H-pyrrole nitrogens is 1. The number of aryl methyl sites for hydroxylation is 1. The largest absolute Gasteiger partial charge is 0.342 e. The maximum absolute atomic E-state index is 11.3. The zero-order valence-electron chi connectivity index (χ0n) is 9.90. The summed E-state index contributed by atoms with van der Waals surface area (Å²) in [5, 5.41) is 2.78. The lowest BCUT2D eigenvalue weighted by Crippen LogP contribution is -2.16. The standard InChI is InChI=1S/C11H14N4O.2ClH/c1-7-13-9-3-2-8(6-10(9)14-7)15-11(16)4-5-12;;/h2-3,6H,4-5,12H2,1H3,(H,13,14)(H,15,16);2*1H. The molecule has 1 aromatic heterocycles. The van der Waals surface area contributed by atoms with E-state index in [1.54, 1.807) is 0 Å². The maximum Gasteiger partial charge on any atom is 0.225 e. The van der Waals surface area contributed by atoms with Crippen LogP contribution in [0.3, 0.4) is 0 Å². The summed E-state index contributed by atoms with van der Waals surface area (Å²) < 4.78 is 0. The third-order valence-corrected chi connectivity index (χ3v) is 2.26. The highest BCUT2D eigenvalue weighted by Gasteiger charge is 2.03. The van der Waals surface area contributed by atoms with Crippen molar-refractivity contribution < 1.29 is 4.79 Å². The van der Waals surface area contributed by atoms with Gasteiger partial charge in [-0.25, -0.2) is 4.98 Å². The number of hydrogen-bond acceptors (Lipinski definition) is 3. The quantitative estimate of drug-likeness (QED) is 0.808. The van der Waals surface area contributed by atoms with Crippen LogP contribution in [-0.2, 0) is 4.79 Å². The first-order chi connectivity index (χ1) is 7.69. The minimum absolute atomic E-state index is 0. The van der Waals surface area contributed by atoms with E-state index in [0.717, 1.165) is 22.5 Å². The Morgan fingerprint density at radius 3 is 2.83 bits per heavy atom. The minimum atomic E-state index is -0.0712. The van der Waals surface area contributed by atoms with Gasteiger partial charge in [0.2, 0.25) is 5.91 Å². The Morgan fingerprint density at radius 2 is 2.17 bits per heavy atom. The van der Waals surface area contributed by atoms with Gasteiger partial charge >= 0.3 is 0 Å². The first kappa shape index (κ1) is 16.7. The molecule has 0 fully saturated rings. The second-order valence-corrected chi connectivity index (χ2v) is 3.64. The van der Waals surface area contributed by atoms with Gasteiger partial charge in [-0.05, 0) is 25.1 Å². The molecule has 0 aliphatic carbocycles. The van der Waals surface area contributed by atoms with E-state index in [1.807, 2.05) is 25.1 Å². The number of amides is 1. The summed E-state index contributed by atoms with van der Waals surface area (Å²) >= 11 is 0. The topological polar surface area (TPSA) is 83.8 Å². The van der Waals surface area contributed by atoms with Crippen LogP contribution in [0, 0.1) is 6.92 Å². The SMILES string of the molecule is Cc1nc2ccc(NC(=O)CCN)cc2[nH]1.Cl.Cl. The van der Waals surface area contributed by atoms with Gasteiger partial charge < -0.3 is 16.0 Å². The molecule has 18 heavy (non-hydrogen) atoms. The van der Waals surface area contributed by atoms with Crippen LogP contribution in [0.1, 0.15) is 12.2 Å². The summed E-state index contributed by atoms with van der Waals surface area (Å²) in [7, 11) is 0. The summed E-state index contributed by atoms with van der Waals surface area (Å²) in [5.41, 5.74) is 7.88. The molecule has 4 N–H and O–H groups in total. The number of nitrogens with one attached hydrogen (secondary N) is 2. The van der Waals surface area contributed by atoms with Crippen LogP contribution in [0.15, 0.2) is 18.2 Å². The molecule has 2 rings (SSSR count). The fourth-order valence-corrected chi connectivity index (χ4v) is 1.57. The number of benzene rings is 1. The van der Waals surface area contributed by atoms with Gasteiger partial charge in [-0.3, -0.25) is 4.79 Å². The number of halogens is 2. The molecule has 1 amide bonds. The van der Waals surface area contributed by atoms with Crippen molar-refractivity contribution >= 4 is 47.4 Å². The van der Waals surface area contributed by atoms with Crippen molar-refractivity contribution in [2.45, 2.75) is 13.3 Å². The van der Waals surface area contributed by atoms with E-state index >= 15 is 0 Å². The van der Waals surface area contributed by atoms with E-state index < -0.39 is 0 Å². The molecule has 1 heterocycles. The van der Waals surface area contributed by atoms with E-state index in [0.29, 0.717) is 13.0 Å². The fraction of sp³-hybridized carbons (Fsp3) is 0.273. The monoisotopic (exact) mass is 290 g/mol. The van der Waals surface area contributed by atoms with Crippen LogP contribution in [0.5, 0.6) is 0 Å². The first-order valence-electron chi connectivity index (χ1n) is 5.15. The molecular formula is C11H16Cl2N4O. The van der Waals surface area contributed by atoms with Crippen molar-refractivity contribution in [3.05, 3.63) is 24.0 Å². The van der Waals surface area contributed by atoms with Crippen LogP contribution >= 0.6 is 24.8 Å². The molecular weight excluding hydrogens is 275 g/mol. The number of nitrogens with two attached hydrogens (primary N) is 1. The van der Waals surface area contributed by atoms with Crippen molar-refractivity contribution in [1.29, 1.82) is 0 Å². The molecule has 1 aromatic carbocycles. The number of carbonyl (C=O) groups excluding carboxylic acids is 1. The number of hydrogen-bond donors (Lipinski definition) is 3. The van der Waals surface area contributed by atoms with E-state index in [2.05, 4.69) is 15.3 Å². The van der Waals surface area contributed by atoms with Crippen molar-refractivity contribution in [3.63, 3.8) is 0 Å². The average Bonchev–Trinajstić information content (AvgIpc) is 2.57. The predicted octanol–water partition coefficient (Wildman–Crippen LogP) is 2.00. The minimum Gasteiger partial charge on any atom is -0.342 e. The zero-order valence-corrected chi connectivity index (χ0v) is 11.5. The Kier molecular flexibility index (Phi) is 6.68. The van der Waals surface area contributed by atoms with Crippen LogP contribution < -0.4 is 11.1 Å². The van der Waals surface area contributed by atoms with Crippen molar-refractivity contribution in [3.8, 4) is 0 Å². The molecule has 0 unspecified atom stereocenters. The predicted molar refractivity (Wildman–Crippen MR) is 77.6 cm³/mol. The van der Waals surface area contributed by atoms with Crippen molar-refractivity contribution in [2.24, 2.45) is 5.73 Å². The summed E-state index contributed by atoms with van der Waals surface area (Å²) in [6.45, 7) is 2.25. The molecule has 2 aromatic rings. The lowest BCUT2D eigenvalue weighted by atomic mass is 10.2.